The van der Waals surface area contributed by atoms with Crippen molar-refractivity contribution in [1.29, 1.82) is 0 Å². The van der Waals surface area contributed by atoms with E-state index in [-0.39, 0.29) is 5.75 Å². The molecule has 1 rings (SSSR count). The predicted molar refractivity (Wildman–Crippen MR) is 55.1 cm³/mol. The number of hydrogen-bond donors (Lipinski definition) is 2. The van der Waals surface area contributed by atoms with E-state index in [0.717, 1.165) is 18.5 Å². The van der Waals surface area contributed by atoms with Gasteiger partial charge < -0.3 is 10.4 Å². The number of halogens is 1. The van der Waals surface area contributed by atoms with Crippen LogP contribution in [-0.4, -0.2) is 11.7 Å². The van der Waals surface area contributed by atoms with Crippen LogP contribution < -0.4 is 5.32 Å². The first-order valence-corrected chi connectivity index (χ1v) is 4.80. The highest BCUT2D eigenvalue weighted by Gasteiger charge is 2.03. The minimum absolute atomic E-state index is 0.150. The number of phenols is 1. The Kier molecular flexibility index (Phi) is 4.06. The van der Waals surface area contributed by atoms with Crippen LogP contribution in [0.1, 0.15) is 18.9 Å². The van der Waals surface area contributed by atoms with Crippen molar-refractivity contribution >= 4 is 11.6 Å². The summed E-state index contributed by atoms with van der Waals surface area (Å²) in [6.45, 7) is 3.78. The molecule has 1 aromatic rings. The lowest BCUT2D eigenvalue weighted by Crippen LogP contribution is -2.13. The maximum atomic E-state index is 9.30. The Hall–Kier alpha value is -0.730. The minimum Gasteiger partial charge on any atom is -0.506 e. The fraction of sp³-hybridized carbons (Fsp3) is 0.400. The molecule has 0 aliphatic heterocycles. The molecule has 0 saturated heterocycles. The third-order valence-corrected chi connectivity index (χ3v) is 2.24. The van der Waals surface area contributed by atoms with Crippen LogP contribution in [0.15, 0.2) is 18.2 Å². The first kappa shape index (κ1) is 10.4. The summed E-state index contributed by atoms with van der Waals surface area (Å²) in [5.41, 5.74) is 0.940. The SMILES string of the molecule is CCCNCc1cccc(O)c1Cl. The summed E-state index contributed by atoms with van der Waals surface area (Å²) < 4.78 is 0. The van der Waals surface area contributed by atoms with E-state index in [1.165, 1.54) is 0 Å². The van der Waals surface area contributed by atoms with Gasteiger partial charge in [0.1, 0.15) is 5.75 Å². The van der Waals surface area contributed by atoms with Crippen LogP contribution in [0.5, 0.6) is 5.75 Å². The van der Waals surface area contributed by atoms with Gasteiger partial charge in [-0.15, -0.1) is 0 Å². The predicted octanol–water partition coefficient (Wildman–Crippen LogP) is 2.55. The lowest BCUT2D eigenvalue weighted by molar-refractivity contribution is 0.474. The molecule has 0 amide bonds. The van der Waals surface area contributed by atoms with Gasteiger partial charge in [-0.25, -0.2) is 0 Å². The van der Waals surface area contributed by atoms with Gasteiger partial charge in [0.05, 0.1) is 5.02 Å². The van der Waals surface area contributed by atoms with Crippen molar-refractivity contribution in [3.8, 4) is 5.75 Å². The Morgan fingerprint density at radius 1 is 1.46 bits per heavy atom. The molecule has 0 aromatic heterocycles. The topological polar surface area (TPSA) is 32.3 Å². The van der Waals surface area contributed by atoms with Crippen molar-refractivity contribution in [3.63, 3.8) is 0 Å². The van der Waals surface area contributed by atoms with E-state index in [1.807, 2.05) is 6.07 Å². The van der Waals surface area contributed by atoms with Crippen LogP contribution in [-0.2, 0) is 6.54 Å². The van der Waals surface area contributed by atoms with Gasteiger partial charge in [0.2, 0.25) is 0 Å². The average Bonchev–Trinajstić information content (AvgIpc) is 2.13. The van der Waals surface area contributed by atoms with Crippen LogP contribution in [0.3, 0.4) is 0 Å². The normalized spacial score (nSPS) is 10.3. The number of hydrogen-bond acceptors (Lipinski definition) is 2. The number of rotatable bonds is 4. The average molecular weight is 200 g/mol. The molecule has 0 spiro atoms. The second kappa shape index (κ2) is 5.10. The number of phenolic OH excluding ortho intramolecular Hbond substituents is 1. The first-order chi connectivity index (χ1) is 6.25. The van der Waals surface area contributed by atoms with Crippen molar-refractivity contribution in [3.05, 3.63) is 28.8 Å². The largest absolute Gasteiger partial charge is 0.506 e. The molecule has 0 fully saturated rings. The van der Waals surface area contributed by atoms with Gasteiger partial charge >= 0.3 is 0 Å². The second-order valence-corrected chi connectivity index (χ2v) is 3.30. The lowest BCUT2D eigenvalue weighted by atomic mass is 10.2. The minimum atomic E-state index is 0.150. The molecule has 0 heterocycles. The van der Waals surface area contributed by atoms with E-state index in [1.54, 1.807) is 12.1 Å². The summed E-state index contributed by atoms with van der Waals surface area (Å²) >= 11 is 5.88. The quantitative estimate of drug-likeness (QED) is 0.731. The Balaban J connectivity index is 2.61. The van der Waals surface area contributed by atoms with Crippen molar-refractivity contribution in [2.75, 3.05) is 6.54 Å². The smallest absolute Gasteiger partial charge is 0.134 e. The van der Waals surface area contributed by atoms with Gasteiger partial charge in [0, 0.05) is 6.54 Å². The molecule has 0 atom stereocenters. The molecule has 2 N–H and O–H groups in total. The molecule has 0 aliphatic carbocycles. The summed E-state index contributed by atoms with van der Waals surface area (Å²) in [6, 6.07) is 5.29. The number of aromatic hydroxyl groups is 1. The Morgan fingerprint density at radius 3 is 2.92 bits per heavy atom. The van der Waals surface area contributed by atoms with Crippen molar-refractivity contribution in [1.82, 2.24) is 5.32 Å². The molecule has 2 nitrogen and oxygen atoms in total. The standard InChI is InChI=1S/C10H14ClNO/c1-2-6-12-7-8-4-3-5-9(13)10(8)11/h3-5,12-13H,2,6-7H2,1H3. The van der Waals surface area contributed by atoms with E-state index < -0.39 is 0 Å². The van der Waals surface area contributed by atoms with E-state index in [9.17, 15) is 5.11 Å². The molecule has 0 saturated carbocycles. The molecule has 0 radical (unpaired) electrons. The van der Waals surface area contributed by atoms with Gasteiger partial charge in [-0.05, 0) is 24.6 Å². The summed E-state index contributed by atoms with van der Waals surface area (Å²) in [5, 5.41) is 13.0. The molecule has 72 valence electrons. The van der Waals surface area contributed by atoms with Gasteiger partial charge in [-0.2, -0.15) is 0 Å². The van der Waals surface area contributed by atoms with Crippen LogP contribution >= 0.6 is 11.6 Å². The zero-order valence-corrected chi connectivity index (χ0v) is 8.43. The Bertz CT molecular complexity index is 276. The molecule has 3 heteroatoms. The monoisotopic (exact) mass is 199 g/mol. The van der Waals surface area contributed by atoms with Crippen molar-refractivity contribution in [2.45, 2.75) is 19.9 Å². The lowest BCUT2D eigenvalue weighted by Gasteiger charge is -2.06. The highest BCUT2D eigenvalue weighted by Crippen LogP contribution is 2.26. The summed E-state index contributed by atoms with van der Waals surface area (Å²) in [5.74, 6) is 0.150. The van der Waals surface area contributed by atoms with Crippen molar-refractivity contribution < 1.29 is 5.11 Å². The zero-order valence-electron chi connectivity index (χ0n) is 7.68. The summed E-state index contributed by atoms with van der Waals surface area (Å²) in [6.07, 6.45) is 1.09. The number of benzene rings is 1. The maximum Gasteiger partial charge on any atom is 0.134 e. The van der Waals surface area contributed by atoms with Gasteiger partial charge in [0.25, 0.3) is 0 Å². The second-order valence-electron chi connectivity index (χ2n) is 2.93. The zero-order chi connectivity index (χ0) is 9.68. The molecule has 1 aromatic carbocycles. The van der Waals surface area contributed by atoms with Crippen LogP contribution in [0.4, 0.5) is 0 Å². The molecule has 0 unspecified atom stereocenters. The fourth-order valence-electron chi connectivity index (χ4n) is 1.10. The van der Waals surface area contributed by atoms with Gasteiger partial charge in [-0.1, -0.05) is 30.7 Å². The first-order valence-electron chi connectivity index (χ1n) is 4.42. The van der Waals surface area contributed by atoms with E-state index >= 15 is 0 Å². The van der Waals surface area contributed by atoms with Gasteiger partial charge in [0.15, 0.2) is 0 Å². The van der Waals surface area contributed by atoms with E-state index in [4.69, 9.17) is 11.6 Å². The van der Waals surface area contributed by atoms with Crippen LogP contribution in [0, 0.1) is 0 Å². The van der Waals surface area contributed by atoms with Crippen molar-refractivity contribution in [2.24, 2.45) is 0 Å². The maximum absolute atomic E-state index is 9.30. The van der Waals surface area contributed by atoms with E-state index in [2.05, 4.69) is 12.2 Å². The molecule has 0 aliphatic rings. The molecular weight excluding hydrogens is 186 g/mol. The molecule has 0 bridgehead atoms. The Labute approximate surface area is 83.5 Å². The number of nitrogens with one attached hydrogen (secondary N) is 1. The van der Waals surface area contributed by atoms with Gasteiger partial charge in [-0.3, -0.25) is 0 Å². The summed E-state index contributed by atoms with van der Waals surface area (Å²) in [4.78, 5) is 0. The van der Waals surface area contributed by atoms with Crippen LogP contribution in [0.2, 0.25) is 5.02 Å². The molecular formula is C10H14ClNO. The Morgan fingerprint density at radius 2 is 2.23 bits per heavy atom. The molecule has 13 heavy (non-hydrogen) atoms. The highest BCUT2D eigenvalue weighted by atomic mass is 35.5. The highest BCUT2D eigenvalue weighted by molar-refractivity contribution is 6.32. The summed E-state index contributed by atoms with van der Waals surface area (Å²) in [7, 11) is 0. The van der Waals surface area contributed by atoms with E-state index in [0.29, 0.717) is 11.6 Å². The van der Waals surface area contributed by atoms with Crippen LogP contribution in [0.25, 0.3) is 0 Å². The fourth-order valence-corrected chi connectivity index (χ4v) is 1.30. The third kappa shape index (κ3) is 2.90. The third-order valence-electron chi connectivity index (χ3n) is 1.80.